The number of pyridine rings is 1. The molecule has 1 N–H and O–H groups in total. The molecule has 0 amide bonds. The molecule has 0 saturated heterocycles. The quantitative estimate of drug-likeness (QED) is 0.854. The zero-order chi connectivity index (χ0) is 11.5. The van der Waals surface area contributed by atoms with E-state index < -0.39 is 0 Å². The molecule has 1 unspecified atom stereocenters. The number of hydrogen-bond donors (Lipinski definition) is 1. The van der Waals surface area contributed by atoms with E-state index >= 15 is 0 Å². The lowest BCUT2D eigenvalue weighted by molar-refractivity contribution is 0.277. The summed E-state index contributed by atoms with van der Waals surface area (Å²) in [5, 5.41) is 4.20. The average molecular weight is 227 g/mol. The summed E-state index contributed by atoms with van der Waals surface area (Å²) in [4.78, 5) is 4.01. The van der Waals surface area contributed by atoms with Crippen LogP contribution >= 0.6 is 11.6 Å². The van der Waals surface area contributed by atoms with Gasteiger partial charge in [0.1, 0.15) is 0 Å². The topological polar surface area (TPSA) is 24.9 Å². The van der Waals surface area contributed by atoms with Crippen LogP contribution < -0.4 is 5.32 Å². The standard InChI is InChI=1S/C12H19ClN2/c1-5-15-11(12(2,3)4)9-6-7-14-8-10(9)13/h6-8,11,15H,5H2,1-4H3. The van der Waals surface area contributed by atoms with Gasteiger partial charge in [-0.25, -0.2) is 0 Å². The summed E-state index contributed by atoms with van der Waals surface area (Å²) in [6, 6.07) is 2.25. The first kappa shape index (κ1) is 12.5. The normalized spacial score (nSPS) is 13.9. The third-order valence-corrected chi connectivity index (χ3v) is 2.70. The lowest BCUT2D eigenvalue weighted by Gasteiger charge is -2.32. The zero-order valence-corrected chi connectivity index (χ0v) is 10.6. The van der Waals surface area contributed by atoms with Gasteiger partial charge in [-0.1, -0.05) is 39.3 Å². The van der Waals surface area contributed by atoms with E-state index in [0.29, 0.717) is 0 Å². The van der Waals surface area contributed by atoms with Crippen LogP contribution in [0.25, 0.3) is 0 Å². The monoisotopic (exact) mass is 226 g/mol. The lowest BCUT2D eigenvalue weighted by atomic mass is 9.82. The molecule has 0 bridgehead atoms. The Hall–Kier alpha value is -0.600. The maximum Gasteiger partial charge on any atom is 0.0637 e. The number of nitrogens with zero attached hydrogens (tertiary/aromatic N) is 1. The van der Waals surface area contributed by atoms with E-state index in [1.807, 2.05) is 6.07 Å². The first-order chi connectivity index (χ1) is 6.96. The highest BCUT2D eigenvalue weighted by Crippen LogP contribution is 2.35. The van der Waals surface area contributed by atoms with E-state index in [-0.39, 0.29) is 11.5 Å². The van der Waals surface area contributed by atoms with Crippen molar-refractivity contribution in [3.05, 3.63) is 29.0 Å². The van der Waals surface area contributed by atoms with Gasteiger partial charge >= 0.3 is 0 Å². The molecule has 0 aliphatic carbocycles. The van der Waals surface area contributed by atoms with E-state index in [4.69, 9.17) is 11.6 Å². The molecular formula is C12H19ClN2. The molecule has 15 heavy (non-hydrogen) atoms. The van der Waals surface area contributed by atoms with Crippen molar-refractivity contribution in [1.82, 2.24) is 10.3 Å². The fourth-order valence-electron chi connectivity index (χ4n) is 1.71. The van der Waals surface area contributed by atoms with E-state index in [9.17, 15) is 0 Å². The third kappa shape index (κ3) is 3.18. The summed E-state index contributed by atoms with van der Waals surface area (Å²) in [5.41, 5.74) is 1.27. The van der Waals surface area contributed by atoms with Crippen LogP contribution in [0.5, 0.6) is 0 Å². The molecule has 1 heterocycles. The number of rotatable bonds is 3. The number of nitrogens with one attached hydrogen (secondary N) is 1. The highest BCUT2D eigenvalue weighted by atomic mass is 35.5. The number of hydrogen-bond acceptors (Lipinski definition) is 2. The Morgan fingerprint density at radius 2 is 2.13 bits per heavy atom. The van der Waals surface area contributed by atoms with Crippen LogP contribution in [-0.2, 0) is 0 Å². The maximum atomic E-state index is 6.16. The molecular weight excluding hydrogens is 208 g/mol. The smallest absolute Gasteiger partial charge is 0.0637 e. The molecule has 0 aliphatic rings. The van der Waals surface area contributed by atoms with E-state index in [2.05, 4.69) is 38.0 Å². The third-order valence-electron chi connectivity index (χ3n) is 2.39. The lowest BCUT2D eigenvalue weighted by Crippen LogP contribution is -2.32. The maximum absolute atomic E-state index is 6.16. The van der Waals surface area contributed by atoms with Crippen molar-refractivity contribution >= 4 is 11.6 Å². The van der Waals surface area contributed by atoms with Crippen molar-refractivity contribution in [2.75, 3.05) is 6.54 Å². The zero-order valence-electron chi connectivity index (χ0n) is 9.84. The van der Waals surface area contributed by atoms with Crippen LogP contribution in [-0.4, -0.2) is 11.5 Å². The van der Waals surface area contributed by atoms with Gasteiger partial charge < -0.3 is 5.32 Å². The molecule has 0 fully saturated rings. The number of aromatic nitrogens is 1. The van der Waals surface area contributed by atoms with Crippen molar-refractivity contribution in [3.63, 3.8) is 0 Å². The molecule has 1 aromatic heterocycles. The van der Waals surface area contributed by atoms with Gasteiger partial charge in [-0.05, 0) is 23.6 Å². The van der Waals surface area contributed by atoms with Gasteiger partial charge in [0, 0.05) is 18.4 Å². The molecule has 0 radical (unpaired) electrons. The molecule has 0 aromatic carbocycles. The number of halogens is 1. The van der Waals surface area contributed by atoms with Crippen LogP contribution in [0.15, 0.2) is 18.5 Å². The summed E-state index contributed by atoms with van der Waals surface area (Å²) in [5.74, 6) is 0. The van der Waals surface area contributed by atoms with Gasteiger partial charge in [-0.15, -0.1) is 0 Å². The van der Waals surface area contributed by atoms with Crippen molar-refractivity contribution in [3.8, 4) is 0 Å². The fourth-order valence-corrected chi connectivity index (χ4v) is 1.94. The van der Waals surface area contributed by atoms with Gasteiger partial charge in [0.15, 0.2) is 0 Å². The Kier molecular flexibility index (Phi) is 4.12. The largest absolute Gasteiger partial charge is 0.310 e. The Balaban J connectivity index is 3.05. The molecule has 1 atom stereocenters. The molecule has 1 aromatic rings. The molecule has 0 saturated carbocycles. The van der Waals surface area contributed by atoms with Crippen molar-refractivity contribution < 1.29 is 0 Å². The second-order valence-electron chi connectivity index (χ2n) is 4.75. The molecule has 3 heteroatoms. The summed E-state index contributed by atoms with van der Waals surface area (Å²) in [6.07, 6.45) is 3.49. The Morgan fingerprint density at radius 1 is 1.47 bits per heavy atom. The van der Waals surface area contributed by atoms with E-state index in [0.717, 1.165) is 17.1 Å². The van der Waals surface area contributed by atoms with Gasteiger partial charge in [0.05, 0.1) is 5.02 Å². The predicted octanol–water partition coefficient (Wildman–Crippen LogP) is 3.43. The highest BCUT2D eigenvalue weighted by molar-refractivity contribution is 6.31. The summed E-state index contributed by atoms with van der Waals surface area (Å²) in [6.45, 7) is 9.65. The molecule has 0 spiro atoms. The predicted molar refractivity (Wildman–Crippen MR) is 65.1 cm³/mol. The summed E-state index contributed by atoms with van der Waals surface area (Å²) in [7, 11) is 0. The highest BCUT2D eigenvalue weighted by Gasteiger charge is 2.26. The minimum absolute atomic E-state index is 0.140. The van der Waals surface area contributed by atoms with Crippen molar-refractivity contribution in [1.29, 1.82) is 0 Å². The van der Waals surface area contributed by atoms with Crippen molar-refractivity contribution in [2.24, 2.45) is 5.41 Å². The van der Waals surface area contributed by atoms with Crippen LogP contribution in [0.1, 0.15) is 39.3 Å². The van der Waals surface area contributed by atoms with Crippen LogP contribution in [0.3, 0.4) is 0 Å². The molecule has 1 rings (SSSR count). The minimum Gasteiger partial charge on any atom is -0.310 e. The second kappa shape index (κ2) is 4.95. The molecule has 0 aliphatic heterocycles. The first-order valence-electron chi connectivity index (χ1n) is 5.29. The van der Waals surface area contributed by atoms with Gasteiger partial charge in [-0.3, -0.25) is 4.98 Å². The van der Waals surface area contributed by atoms with E-state index in [1.165, 1.54) is 0 Å². The summed E-state index contributed by atoms with van der Waals surface area (Å²) >= 11 is 6.16. The van der Waals surface area contributed by atoms with Crippen LogP contribution in [0.4, 0.5) is 0 Å². The Labute approximate surface area is 97.1 Å². The van der Waals surface area contributed by atoms with Gasteiger partial charge in [-0.2, -0.15) is 0 Å². The summed E-state index contributed by atoms with van der Waals surface area (Å²) < 4.78 is 0. The van der Waals surface area contributed by atoms with E-state index in [1.54, 1.807) is 12.4 Å². The minimum atomic E-state index is 0.140. The van der Waals surface area contributed by atoms with Gasteiger partial charge in [0.2, 0.25) is 0 Å². The van der Waals surface area contributed by atoms with Gasteiger partial charge in [0.25, 0.3) is 0 Å². The second-order valence-corrected chi connectivity index (χ2v) is 5.16. The molecule has 84 valence electrons. The van der Waals surface area contributed by atoms with Crippen LogP contribution in [0, 0.1) is 5.41 Å². The Bertz CT molecular complexity index is 318. The first-order valence-corrected chi connectivity index (χ1v) is 5.67. The molecule has 2 nitrogen and oxygen atoms in total. The Morgan fingerprint density at radius 3 is 2.60 bits per heavy atom. The SMILES string of the molecule is CCNC(c1ccncc1Cl)C(C)(C)C. The fraction of sp³-hybridized carbons (Fsp3) is 0.583. The van der Waals surface area contributed by atoms with Crippen molar-refractivity contribution in [2.45, 2.75) is 33.7 Å². The average Bonchev–Trinajstić information content (AvgIpc) is 2.14. The van der Waals surface area contributed by atoms with Crippen LogP contribution in [0.2, 0.25) is 5.02 Å².